The Balaban J connectivity index is 2.71. The van der Waals surface area contributed by atoms with Gasteiger partial charge in [-0.3, -0.25) is 18.7 Å². The zero-order valence-electron chi connectivity index (χ0n) is 15.8. The molecule has 2 aromatic rings. The number of carbonyl (C=O) groups is 2. The van der Waals surface area contributed by atoms with E-state index in [9.17, 15) is 35.5 Å². The van der Waals surface area contributed by atoms with Crippen LogP contribution in [0.4, 0.5) is 11.4 Å². The number of anilines is 2. The monoisotopic (exact) mass is 454 g/mol. The van der Waals surface area contributed by atoms with Gasteiger partial charge < -0.3 is 10.6 Å². The molecule has 10 nitrogen and oxygen atoms in total. The van der Waals surface area contributed by atoms with Crippen LogP contribution < -0.4 is 10.6 Å². The molecule has 12 heteroatoms. The number of benzene rings is 2. The first-order chi connectivity index (χ1) is 13.7. The number of nitrogens with one attached hydrogen (secondary N) is 2. The zero-order chi connectivity index (χ0) is 22.9. The minimum absolute atomic E-state index is 0.0719. The van der Waals surface area contributed by atoms with Crippen LogP contribution in [0.25, 0.3) is 5.57 Å². The van der Waals surface area contributed by atoms with E-state index in [1.807, 2.05) is 0 Å². The van der Waals surface area contributed by atoms with Crippen molar-refractivity contribution in [3.05, 3.63) is 54.1 Å². The van der Waals surface area contributed by atoms with Crippen LogP contribution in [0, 0.1) is 0 Å². The smallest absolute Gasteiger partial charge is 0.295 e. The highest BCUT2D eigenvalue weighted by Gasteiger charge is 2.24. The van der Waals surface area contributed by atoms with Crippen LogP contribution in [0.5, 0.6) is 0 Å². The highest BCUT2D eigenvalue weighted by Crippen LogP contribution is 2.34. The van der Waals surface area contributed by atoms with Crippen molar-refractivity contribution in [2.24, 2.45) is 0 Å². The summed E-state index contributed by atoms with van der Waals surface area (Å²) in [6, 6.07) is 7.05. The van der Waals surface area contributed by atoms with Gasteiger partial charge in [0.2, 0.25) is 11.8 Å². The van der Waals surface area contributed by atoms with Crippen molar-refractivity contribution in [1.29, 1.82) is 0 Å². The normalized spacial score (nSPS) is 11.6. The van der Waals surface area contributed by atoms with Crippen LogP contribution in [-0.4, -0.2) is 37.8 Å². The van der Waals surface area contributed by atoms with Gasteiger partial charge in [0.25, 0.3) is 20.2 Å². The lowest BCUT2D eigenvalue weighted by atomic mass is 9.98. The zero-order valence-corrected chi connectivity index (χ0v) is 17.5. The maximum absolute atomic E-state index is 11.9. The maximum Gasteiger partial charge on any atom is 0.295 e. The Labute approximate surface area is 173 Å². The van der Waals surface area contributed by atoms with Crippen molar-refractivity contribution < 1.29 is 35.5 Å². The Morgan fingerprint density at radius 3 is 1.37 bits per heavy atom. The largest absolute Gasteiger partial charge is 0.326 e. The molecule has 0 aliphatic rings. The average molecular weight is 454 g/mol. The molecule has 160 valence electrons. The van der Waals surface area contributed by atoms with E-state index in [2.05, 4.69) is 17.2 Å². The maximum atomic E-state index is 11.9. The fraction of sp³-hybridized carbons (Fsp3) is 0.111. The third kappa shape index (κ3) is 5.51. The van der Waals surface area contributed by atoms with Gasteiger partial charge in [0.15, 0.2) is 0 Å². The van der Waals surface area contributed by atoms with Gasteiger partial charge in [-0.15, -0.1) is 0 Å². The standard InChI is InChI=1S/C18H18N2O8S2/c1-10(15-6-4-13(19-11(2)21)8-17(15)29(23,24)25)16-7-5-14(20-12(3)22)9-18(16)30(26,27)28/h4-9H,1H2,2-3H3,(H,19,21)(H,20,22)(H,23,24,25)(H,26,27,28). The van der Waals surface area contributed by atoms with E-state index in [1.54, 1.807) is 0 Å². The second-order valence-electron chi connectivity index (χ2n) is 6.21. The fourth-order valence-corrected chi connectivity index (χ4v) is 4.17. The van der Waals surface area contributed by atoms with Crippen molar-refractivity contribution in [2.45, 2.75) is 23.6 Å². The van der Waals surface area contributed by atoms with Crippen LogP contribution in [0.2, 0.25) is 0 Å². The summed E-state index contributed by atoms with van der Waals surface area (Å²) < 4.78 is 66.7. The Bertz CT molecular complexity index is 1170. The van der Waals surface area contributed by atoms with Gasteiger partial charge in [0.1, 0.15) is 9.79 Å². The quantitative estimate of drug-likeness (QED) is 0.482. The lowest BCUT2D eigenvalue weighted by Gasteiger charge is -2.16. The molecule has 0 aliphatic heterocycles. The molecular formula is C18H18N2O8S2. The Morgan fingerprint density at radius 2 is 1.10 bits per heavy atom. The summed E-state index contributed by atoms with van der Waals surface area (Å²) in [6.45, 7) is 6.11. The summed E-state index contributed by atoms with van der Waals surface area (Å²) in [5, 5.41) is 4.73. The van der Waals surface area contributed by atoms with Crippen molar-refractivity contribution in [3.8, 4) is 0 Å². The minimum atomic E-state index is -4.80. The summed E-state index contributed by atoms with van der Waals surface area (Å²) in [7, 11) is -9.60. The SMILES string of the molecule is C=C(c1ccc(NC(C)=O)cc1S(=O)(=O)O)c1ccc(NC(C)=O)cc1S(=O)(=O)O. The van der Waals surface area contributed by atoms with E-state index in [0.29, 0.717) is 0 Å². The molecule has 4 N–H and O–H groups in total. The van der Waals surface area contributed by atoms with Gasteiger partial charge in [-0.25, -0.2) is 0 Å². The highest BCUT2D eigenvalue weighted by molar-refractivity contribution is 7.86. The summed E-state index contributed by atoms with van der Waals surface area (Å²) in [5.74, 6) is -0.963. The molecule has 0 atom stereocenters. The molecule has 0 aliphatic carbocycles. The molecular weight excluding hydrogens is 436 g/mol. The Kier molecular flexibility index (Phi) is 6.47. The number of amides is 2. The van der Waals surface area contributed by atoms with Gasteiger partial charge in [0, 0.05) is 36.3 Å². The molecule has 2 aromatic carbocycles. The molecule has 0 fully saturated rings. The van der Waals surface area contributed by atoms with Crippen molar-refractivity contribution >= 4 is 49.0 Å². The van der Waals surface area contributed by atoms with Crippen molar-refractivity contribution in [3.63, 3.8) is 0 Å². The Hall–Kier alpha value is -3.06. The van der Waals surface area contributed by atoms with Crippen LogP contribution in [0.3, 0.4) is 0 Å². The highest BCUT2D eigenvalue weighted by atomic mass is 32.2. The molecule has 0 bridgehead atoms. The molecule has 0 saturated carbocycles. The first-order valence-corrected chi connectivity index (χ1v) is 11.1. The molecule has 0 heterocycles. The van der Waals surface area contributed by atoms with E-state index in [0.717, 1.165) is 12.1 Å². The molecule has 0 unspecified atom stereocenters. The second-order valence-corrected chi connectivity index (χ2v) is 8.99. The molecule has 0 saturated heterocycles. The Morgan fingerprint density at radius 1 is 0.767 bits per heavy atom. The van der Waals surface area contributed by atoms with Crippen molar-refractivity contribution in [1.82, 2.24) is 0 Å². The predicted octanol–water partition coefficient (Wildman–Crippen LogP) is 2.16. The van der Waals surface area contributed by atoms with E-state index in [4.69, 9.17) is 0 Å². The number of rotatable bonds is 6. The van der Waals surface area contributed by atoms with E-state index in [1.165, 1.54) is 38.1 Å². The van der Waals surface area contributed by atoms with Gasteiger partial charge in [0.05, 0.1) is 0 Å². The first kappa shape index (κ1) is 23.2. The van der Waals surface area contributed by atoms with Gasteiger partial charge in [-0.05, 0) is 29.8 Å². The molecule has 0 radical (unpaired) electrons. The third-order valence-corrected chi connectivity index (χ3v) is 5.60. The van der Waals surface area contributed by atoms with Gasteiger partial charge in [-0.2, -0.15) is 16.8 Å². The number of hydrogen-bond donors (Lipinski definition) is 4. The average Bonchev–Trinajstić information content (AvgIpc) is 2.58. The van der Waals surface area contributed by atoms with E-state index < -0.39 is 41.8 Å². The van der Waals surface area contributed by atoms with Crippen LogP contribution in [-0.2, 0) is 29.8 Å². The molecule has 2 rings (SSSR count). The fourth-order valence-electron chi connectivity index (χ4n) is 2.68. The molecule has 0 spiro atoms. The summed E-state index contributed by atoms with van der Waals surface area (Å²) >= 11 is 0. The van der Waals surface area contributed by atoms with Crippen LogP contribution >= 0.6 is 0 Å². The van der Waals surface area contributed by atoms with Crippen molar-refractivity contribution in [2.75, 3.05) is 10.6 Å². The molecule has 0 aromatic heterocycles. The van der Waals surface area contributed by atoms with E-state index in [-0.39, 0.29) is 28.1 Å². The number of carbonyl (C=O) groups excluding carboxylic acids is 2. The van der Waals surface area contributed by atoms with Crippen LogP contribution in [0.15, 0.2) is 52.8 Å². The van der Waals surface area contributed by atoms with Gasteiger partial charge in [-0.1, -0.05) is 18.7 Å². The van der Waals surface area contributed by atoms with Gasteiger partial charge >= 0.3 is 0 Å². The third-order valence-electron chi connectivity index (χ3n) is 3.81. The molecule has 2 amide bonds. The predicted molar refractivity (Wildman–Crippen MR) is 109 cm³/mol. The minimum Gasteiger partial charge on any atom is -0.326 e. The van der Waals surface area contributed by atoms with Crippen LogP contribution in [0.1, 0.15) is 25.0 Å². The summed E-state index contributed by atoms with van der Waals surface area (Å²) in [5.41, 5.74) is -0.336. The lowest BCUT2D eigenvalue weighted by molar-refractivity contribution is -0.115. The lowest BCUT2D eigenvalue weighted by Crippen LogP contribution is -2.11. The summed E-state index contributed by atoms with van der Waals surface area (Å²) in [6.07, 6.45) is 0. The first-order valence-electron chi connectivity index (χ1n) is 8.18. The number of hydrogen-bond acceptors (Lipinski definition) is 6. The van der Waals surface area contributed by atoms with E-state index >= 15 is 0 Å². The topological polar surface area (TPSA) is 167 Å². The molecule has 30 heavy (non-hydrogen) atoms. The summed E-state index contributed by atoms with van der Waals surface area (Å²) in [4.78, 5) is 21.2. The second kappa shape index (κ2) is 8.36.